The average Bonchev–Trinajstić information content (AvgIpc) is 2.84. The molecule has 4 heteroatoms. The largest absolute Gasteiger partial charge is 0.507 e. The zero-order chi connectivity index (χ0) is 13.3. The summed E-state index contributed by atoms with van der Waals surface area (Å²) in [4.78, 5) is 4.64. The van der Waals surface area contributed by atoms with Gasteiger partial charge in [-0.2, -0.15) is 0 Å². The van der Waals surface area contributed by atoms with Crippen LogP contribution in [-0.2, 0) is 0 Å². The van der Waals surface area contributed by atoms with Gasteiger partial charge < -0.3 is 10.4 Å². The van der Waals surface area contributed by atoms with Crippen molar-refractivity contribution in [2.24, 2.45) is 0 Å². The molecule has 0 fully saturated rings. The Bertz CT molecular complexity index is 540. The molecule has 1 atom stereocenters. The summed E-state index contributed by atoms with van der Waals surface area (Å²) in [6.07, 6.45) is 0. The van der Waals surface area contributed by atoms with Crippen molar-refractivity contribution in [3.63, 3.8) is 0 Å². The lowest BCUT2D eigenvalue weighted by Crippen LogP contribution is -2.12. The Morgan fingerprint density at radius 2 is 1.89 bits per heavy atom. The molecule has 0 saturated carbocycles. The Labute approximate surface area is 112 Å². The first kappa shape index (κ1) is 13.1. The predicted octanol–water partition coefficient (Wildman–Crippen LogP) is 3.41. The highest BCUT2D eigenvalue weighted by Gasteiger charge is 2.11. The molecule has 2 aromatic rings. The molecule has 18 heavy (non-hydrogen) atoms. The van der Waals surface area contributed by atoms with E-state index in [0.717, 1.165) is 27.4 Å². The zero-order valence-corrected chi connectivity index (χ0v) is 11.9. The van der Waals surface area contributed by atoms with Crippen LogP contribution in [0.1, 0.15) is 29.8 Å². The Hall–Kier alpha value is -1.39. The molecule has 2 rings (SSSR count). The van der Waals surface area contributed by atoms with Crippen LogP contribution in [0.15, 0.2) is 17.5 Å². The molecular weight excluding hydrogens is 244 g/mol. The van der Waals surface area contributed by atoms with Gasteiger partial charge in [0.15, 0.2) is 0 Å². The molecule has 0 spiro atoms. The minimum Gasteiger partial charge on any atom is -0.507 e. The zero-order valence-electron chi connectivity index (χ0n) is 11.1. The van der Waals surface area contributed by atoms with E-state index in [0.29, 0.717) is 5.75 Å². The number of thiazole rings is 1. The van der Waals surface area contributed by atoms with E-state index < -0.39 is 0 Å². The molecule has 0 aliphatic heterocycles. The lowest BCUT2D eigenvalue weighted by Gasteiger charge is -2.07. The molecule has 1 aromatic heterocycles. The maximum atomic E-state index is 9.78. The van der Waals surface area contributed by atoms with E-state index in [4.69, 9.17) is 0 Å². The number of nitrogens with one attached hydrogen (secondary N) is 1. The standard InChI is InChI=1S/C14H18N2OS/c1-8-5-11(6-9(2)13(8)17)14-16-12(7-18-14)10(3)15-4/h5-7,10,15,17H,1-4H3. The van der Waals surface area contributed by atoms with Crippen LogP contribution in [0, 0.1) is 13.8 Å². The number of aromatic nitrogens is 1. The molecule has 1 aromatic carbocycles. The van der Waals surface area contributed by atoms with Crippen LogP contribution in [0.5, 0.6) is 5.75 Å². The maximum absolute atomic E-state index is 9.78. The van der Waals surface area contributed by atoms with Gasteiger partial charge in [-0.25, -0.2) is 4.98 Å². The van der Waals surface area contributed by atoms with Gasteiger partial charge in [0.05, 0.1) is 5.69 Å². The van der Waals surface area contributed by atoms with Gasteiger partial charge in [-0.05, 0) is 51.1 Å². The van der Waals surface area contributed by atoms with Gasteiger partial charge in [0.2, 0.25) is 0 Å². The molecule has 0 amide bonds. The van der Waals surface area contributed by atoms with Crippen molar-refractivity contribution in [3.05, 3.63) is 34.3 Å². The second kappa shape index (κ2) is 5.08. The fraction of sp³-hybridized carbons (Fsp3) is 0.357. The third-order valence-corrected chi connectivity index (χ3v) is 4.05. The van der Waals surface area contributed by atoms with E-state index in [9.17, 15) is 5.11 Å². The number of hydrogen-bond donors (Lipinski definition) is 2. The van der Waals surface area contributed by atoms with E-state index in [1.807, 2.05) is 33.0 Å². The number of aryl methyl sites for hydroxylation is 2. The number of nitrogens with zero attached hydrogens (tertiary/aromatic N) is 1. The molecule has 2 N–H and O–H groups in total. The number of aromatic hydroxyl groups is 1. The first-order valence-electron chi connectivity index (χ1n) is 5.96. The maximum Gasteiger partial charge on any atom is 0.123 e. The normalized spacial score (nSPS) is 12.7. The lowest BCUT2D eigenvalue weighted by atomic mass is 10.1. The van der Waals surface area contributed by atoms with Gasteiger partial charge in [-0.15, -0.1) is 11.3 Å². The number of hydrogen-bond acceptors (Lipinski definition) is 4. The summed E-state index contributed by atoms with van der Waals surface area (Å²) in [5.41, 5.74) is 3.91. The molecule has 1 unspecified atom stereocenters. The summed E-state index contributed by atoms with van der Waals surface area (Å²) in [5.74, 6) is 0.374. The predicted molar refractivity (Wildman–Crippen MR) is 76.2 cm³/mol. The molecule has 0 saturated heterocycles. The van der Waals surface area contributed by atoms with Crippen molar-refractivity contribution in [2.75, 3.05) is 7.05 Å². The van der Waals surface area contributed by atoms with E-state index >= 15 is 0 Å². The van der Waals surface area contributed by atoms with Crippen LogP contribution in [0.3, 0.4) is 0 Å². The monoisotopic (exact) mass is 262 g/mol. The Kier molecular flexibility index (Phi) is 3.68. The van der Waals surface area contributed by atoms with E-state index in [-0.39, 0.29) is 6.04 Å². The van der Waals surface area contributed by atoms with Crippen molar-refractivity contribution in [2.45, 2.75) is 26.8 Å². The van der Waals surface area contributed by atoms with Gasteiger partial charge in [0.25, 0.3) is 0 Å². The van der Waals surface area contributed by atoms with Crippen LogP contribution < -0.4 is 5.32 Å². The number of rotatable bonds is 3. The molecule has 0 aliphatic rings. The third kappa shape index (κ3) is 2.40. The molecule has 1 heterocycles. The SMILES string of the molecule is CNC(C)c1csc(-c2cc(C)c(O)c(C)c2)n1. The highest BCUT2D eigenvalue weighted by molar-refractivity contribution is 7.13. The topological polar surface area (TPSA) is 45.1 Å². The van der Waals surface area contributed by atoms with Gasteiger partial charge in [0, 0.05) is 17.0 Å². The molecule has 0 radical (unpaired) electrons. The van der Waals surface area contributed by atoms with Crippen LogP contribution in [0.4, 0.5) is 0 Å². The van der Waals surface area contributed by atoms with Gasteiger partial charge in [-0.1, -0.05) is 0 Å². The van der Waals surface area contributed by atoms with E-state index in [2.05, 4.69) is 22.6 Å². The Morgan fingerprint density at radius 1 is 1.28 bits per heavy atom. The first-order chi connectivity index (χ1) is 8.52. The highest BCUT2D eigenvalue weighted by Crippen LogP contribution is 2.31. The molecule has 3 nitrogen and oxygen atoms in total. The summed E-state index contributed by atoms with van der Waals surface area (Å²) >= 11 is 1.64. The molecule has 0 bridgehead atoms. The quantitative estimate of drug-likeness (QED) is 0.891. The van der Waals surface area contributed by atoms with E-state index in [1.165, 1.54) is 0 Å². The van der Waals surface area contributed by atoms with Crippen molar-refractivity contribution in [3.8, 4) is 16.3 Å². The molecule has 0 aliphatic carbocycles. The Balaban J connectivity index is 2.40. The number of phenols is 1. The third-order valence-electron chi connectivity index (χ3n) is 3.14. The summed E-state index contributed by atoms with van der Waals surface area (Å²) in [7, 11) is 1.93. The van der Waals surface area contributed by atoms with E-state index in [1.54, 1.807) is 11.3 Å². The van der Waals surface area contributed by atoms with Crippen LogP contribution in [-0.4, -0.2) is 17.1 Å². The summed E-state index contributed by atoms with van der Waals surface area (Å²) < 4.78 is 0. The van der Waals surface area contributed by atoms with Gasteiger partial charge in [0.1, 0.15) is 10.8 Å². The summed E-state index contributed by atoms with van der Waals surface area (Å²) in [6.45, 7) is 5.92. The summed E-state index contributed by atoms with van der Waals surface area (Å²) in [5, 5.41) is 16.0. The highest BCUT2D eigenvalue weighted by atomic mass is 32.1. The smallest absolute Gasteiger partial charge is 0.123 e. The molecular formula is C14H18N2OS. The van der Waals surface area contributed by atoms with Crippen molar-refractivity contribution in [1.29, 1.82) is 0 Å². The average molecular weight is 262 g/mol. The summed E-state index contributed by atoms with van der Waals surface area (Å²) in [6, 6.07) is 4.22. The second-order valence-corrected chi connectivity index (χ2v) is 5.40. The van der Waals surface area contributed by atoms with Crippen LogP contribution >= 0.6 is 11.3 Å². The minimum atomic E-state index is 0.259. The Morgan fingerprint density at radius 3 is 2.44 bits per heavy atom. The first-order valence-corrected chi connectivity index (χ1v) is 6.84. The van der Waals surface area contributed by atoms with Crippen LogP contribution in [0.25, 0.3) is 10.6 Å². The number of phenolic OH excluding ortho intramolecular Hbond substituents is 1. The minimum absolute atomic E-state index is 0.259. The molecule has 96 valence electrons. The van der Waals surface area contributed by atoms with Crippen LogP contribution in [0.2, 0.25) is 0 Å². The van der Waals surface area contributed by atoms with Crippen molar-refractivity contribution >= 4 is 11.3 Å². The van der Waals surface area contributed by atoms with Crippen molar-refractivity contribution in [1.82, 2.24) is 10.3 Å². The number of benzene rings is 1. The fourth-order valence-corrected chi connectivity index (χ4v) is 2.75. The lowest BCUT2D eigenvalue weighted by molar-refractivity contribution is 0.467. The fourth-order valence-electron chi connectivity index (χ4n) is 1.84. The van der Waals surface area contributed by atoms with Gasteiger partial charge >= 0.3 is 0 Å². The van der Waals surface area contributed by atoms with Gasteiger partial charge in [-0.3, -0.25) is 0 Å². The van der Waals surface area contributed by atoms with Crippen molar-refractivity contribution < 1.29 is 5.11 Å². The second-order valence-electron chi connectivity index (χ2n) is 4.55.